The van der Waals surface area contributed by atoms with Crippen LogP contribution in [0.3, 0.4) is 0 Å². The van der Waals surface area contributed by atoms with Gasteiger partial charge in [0.25, 0.3) is 0 Å². The number of fused-ring (bicyclic) bond motifs is 12. The van der Waals surface area contributed by atoms with Crippen molar-refractivity contribution in [2.45, 2.75) is 0 Å². The van der Waals surface area contributed by atoms with Crippen LogP contribution in [0.4, 0.5) is 0 Å². The van der Waals surface area contributed by atoms with Gasteiger partial charge in [-0.1, -0.05) is 127 Å². The van der Waals surface area contributed by atoms with Crippen LogP contribution >= 0.6 is 22.7 Å². The topological polar surface area (TPSA) is 9.86 Å². The first kappa shape index (κ1) is 32.1. The zero-order chi connectivity index (χ0) is 37.9. The molecule has 0 aliphatic heterocycles. The molecule has 13 rings (SSSR count). The third kappa shape index (κ3) is 4.58. The lowest BCUT2D eigenvalue weighted by molar-refractivity contribution is 1.18. The minimum atomic E-state index is 1.15. The van der Waals surface area contributed by atoms with Gasteiger partial charge in [-0.05, 0) is 83.4 Å². The number of para-hydroxylation sites is 3. The van der Waals surface area contributed by atoms with Crippen LogP contribution in [-0.4, -0.2) is 9.13 Å². The normalized spacial score (nSPS) is 12.1. The third-order valence-electron chi connectivity index (χ3n) is 12.1. The Morgan fingerprint density at radius 3 is 1.64 bits per heavy atom. The predicted molar refractivity (Wildman–Crippen MR) is 252 cm³/mol. The first-order chi connectivity index (χ1) is 28.8. The van der Waals surface area contributed by atoms with Gasteiger partial charge in [0.1, 0.15) is 0 Å². The fraction of sp³-hybridized carbons (Fsp3) is 0. The van der Waals surface area contributed by atoms with Crippen molar-refractivity contribution in [3.63, 3.8) is 0 Å². The summed E-state index contributed by atoms with van der Waals surface area (Å²) in [7, 11) is 0. The van der Waals surface area contributed by atoms with Crippen LogP contribution in [0.1, 0.15) is 0 Å². The number of hydrogen-bond acceptors (Lipinski definition) is 2. The zero-order valence-corrected chi connectivity index (χ0v) is 32.8. The third-order valence-corrected chi connectivity index (χ3v) is 14.4. The van der Waals surface area contributed by atoms with E-state index in [1.807, 2.05) is 22.7 Å². The minimum Gasteiger partial charge on any atom is -0.309 e. The Balaban J connectivity index is 1.15. The fourth-order valence-electron chi connectivity index (χ4n) is 9.59. The van der Waals surface area contributed by atoms with Crippen molar-refractivity contribution < 1.29 is 0 Å². The second-order valence-corrected chi connectivity index (χ2v) is 17.4. The number of hydrogen-bond donors (Lipinski definition) is 0. The largest absolute Gasteiger partial charge is 0.309 e. The van der Waals surface area contributed by atoms with E-state index in [1.165, 1.54) is 112 Å². The van der Waals surface area contributed by atoms with Crippen molar-refractivity contribution >= 4 is 107 Å². The molecule has 58 heavy (non-hydrogen) atoms. The lowest BCUT2D eigenvalue weighted by Gasteiger charge is -2.17. The molecule has 0 saturated heterocycles. The molecule has 13 aromatic rings. The summed E-state index contributed by atoms with van der Waals surface area (Å²) in [4.78, 5) is 0. The van der Waals surface area contributed by atoms with E-state index in [9.17, 15) is 0 Å². The van der Waals surface area contributed by atoms with E-state index in [4.69, 9.17) is 0 Å². The highest BCUT2D eigenvalue weighted by Crippen LogP contribution is 2.47. The lowest BCUT2D eigenvalue weighted by Crippen LogP contribution is -1.97. The van der Waals surface area contributed by atoms with E-state index in [0.29, 0.717) is 0 Å². The summed E-state index contributed by atoms with van der Waals surface area (Å²) in [5.74, 6) is 0. The summed E-state index contributed by atoms with van der Waals surface area (Å²) in [5.41, 5.74) is 12.0. The molecule has 0 radical (unpaired) electrons. The van der Waals surface area contributed by atoms with Crippen molar-refractivity contribution in [1.29, 1.82) is 0 Å². The van der Waals surface area contributed by atoms with E-state index < -0.39 is 0 Å². The molecule has 0 spiro atoms. The minimum absolute atomic E-state index is 1.15. The number of rotatable bonds is 4. The summed E-state index contributed by atoms with van der Waals surface area (Å²) >= 11 is 3.74. The Bertz CT molecular complexity index is 3800. The predicted octanol–water partition coefficient (Wildman–Crippen LogP) is 16.0. The fourth-order valence-corrected chi connectivity index (χ4v) is 11.8. The smallest absolute Gasteiger partial charge is 0.0625 e. The molecule has 0 unspecified atom stereocenters. The van der Waals surface area contributed by atoms with Crippen LogP contribution in [0.15, 0.2) is 194 Å². The van der Waals surface area contributed by atoms with Gasteiger partial charge in [-0.15, -0.1) is 22.7 Å². The van der Waals surface area contributed by atoms with Crippen molar-refractivity contribution in [2.24, 2.45) is 0 Å². The average Bonchev–Trinajstić information content (AvgIpc) is 4.03. The van der Waals surface area contributed by atoms with Crippen molar-refractivity contribution in [2.75, 3.05) is 0 Å². The molecule has 4 heterocycles. The van der Waals surface area contributed by atoms with Gasteiger partial charge in [0, 0.05) is 78.8 Å². The highest BCUT2D eigenvalue weighted by atomic mass is 32.1. The molecule has 0 N–H and O–H groups in total. The maximum Gasteiger partial charge on any atom is 0.0625 e. The van der Waals surface area contributed by atoms with E-state index in [2.05, 4.69) is 203 Å². The van der Waals surface area contributed by atoms with Crippen LogP contribution in [0.25, 0.3) is 118 Å². The quantitative estimate of drug-likeness (QED) is 0.169. The number of thiophene rings is 2. The molecule has 0 amide bonds. The summed E-state index contributed by atoms with van der Waals surface area (Å²) in [6.45, 7) is 0. The van der Waals surface area contributed by atoms with E-state index >= 15 is 0 Å². The van der Waals surface area contributed by atoms with Crippen LogP contribution in [-0.2, 0) is 0 Å². The molecule has 9 aromatic carbocycles. The van der Waals surface area contributed by atoms with Gasteiger partial charge in [-0.3, -0.25) is 0 Å². The van der Waals surface area contributed by atoms with Crippen molar-refractivity contribution in [1.82, 2.24) is 9.13 Å². The summed E-state index contributed by atoms with van der Waals surface area (Å²) in [6.07, 6.45) is 0. The van der Waals surface area contributed by atoms with E-state index in [0.717, 1.165) is 5.69 Å². The highest BCUT2D eigenvalue weighted by molar-refractivity contribution is 7.26. The molecule has 4 heteroatoms. The molecule has 0 bridgehead atoms. The van der Waals surface area contributed by atoms with Crippen molar-refractivity contribution in [3.05, 3.63) is 194 Å². The van der Waals surface area contributed by atoms with Crippen LogP contribution < -0.4 is 0 Å². The highest BCUT2D eigenvalue weighted by Gasteiger charge is 2.23. The molecule has 2 nitrogen and oxygen atoms in total. The zero-order valence-electron chi connectivity index (χ0n) is 31.2. The summed E-state index contributed by atoms with van der Waals surface area (Å²) < 4.78 is 10.2. The number of aromatic nitrogens is 2. The Morgan fingerprint density at radius 1 is 0.293 bits per heavy atom. The molecule has 0 fully saturated rings. The molecular formula is C54H32N2S2. The molecule has 0 aliphatic carbocycles. The maximum atomic E-state index is 2.48. The molecular weight excluding hydrogens is 741 g/mol. The first-order valence-electron chi connectivity index (χ1n) is 19.8. The van der Waals surface area contributed by atoms with Gasteiger partial charge in [-0.2, -0.15) is 0 Å². The number of benzene rings is 9. The molecule has 0 atom stereocenters. The molecule has 4 aromatic heterocycles. The Hall–Kier alpha value is -6.98. The SMILES string of the molecule is c1ccc(-n2c3ccccc3c3ccc(-c4ccc5sc6ccccc6c5c4)c(-c4ccc5c6ccccc6n(-c6ccc7c(c6)sc6ccccc67)c5c4)c32)cc1. The van der Waals surface area contributed by atoms with Gasteiger partial charge >= 0.3 is 0 Å². The van der Waals surface area contributed by atoms with Crippen LogP contribution in [0.5, 0.6) is 0 Å². The lowest BCUT2D eigenvalue weighted by atomic mass is 9.91. The van der Waals surface area contributed by atoms with Gasteiger partial charge in [0.05, 0.1) is 22.1 Å². The second kappa shape index (κ2) is 12.3. The Labute approximate surface area is 341 Å². The van der Waals surface area contributed by atoms with Gasteiger partial charge < -0.3 is 9.13 Å². The van der Waals surface area contributed by atoms with Crippen LogP contribution in [0.2, 0.25) is 0 Å². The van der Waals surface area contributed by atoms with Gasteiger partial charge in [-0.25, -0.2) is 0 Å². The summed E-state index contributed by atoms with van der Waals surface area (Å²) in [6, 6.07) is 72.1. The summed E-state index contributed by atoms with van der Waals surface area (Å²) in [5, 5.41) is 10.3. The first-order valence-corrected chi connectivity index (χ1v) is 21.4. The molecule has 0 aliphatic rings. The van der Waals surface area contributed by atoms with E-state index in [-0.39, 0.29) is 0 Å². The Kier molecular flexibility index (Phi) is 6.79. The van der Waals surface area contributed by atoms with Gasteiger partial charge in [0.2, 0.25) is 0 Å². The van der Waals surface area contributed by atoms with Crippen LogP contribution in [0, 0.1) is 0 Å². The van der Waals surface area contributed by atoms with Gasteiger partial charge in [0.15, 0.2) is 0 Å². The second-order valence-electron chi connectivity index (χ2n) is 15.2. The Morgan fingerprint density at radius 2 is 0.845 bits per heavy atom. The maximum absolute atomic E-state index is 2.48. The average molecular weight is 773 g/mol. The standard InChI is InChI=1S/C54H32N2S2/c1-2-12-35(13-3-1)56-47-19-9-5-15-39(47)44-28-27-37(33-23-29-51-45(30-33)42-17-7-11-21-50(42)57-51)53(54(44)56)34-22-25-40-38-14-4-8-18-46(38)55(48(40)31-34)36-24-26-43-41-16-6-10-20-49(41)58-52(43)32-36/h1-32H. The number of nitrogens with zero attached hydrogens (tertiary/aromatic N) is 2. The molecule has 270 valence electrons. The molecule has 0 saturated carbocycles. The van der Waals surface area contributed by atoms with Crippen molar-refractivity contribution in [3.8, 4) is 33.6 Å². The van der Waals surface area contributed by atoms with E-state index in [1.54, 1.807) is 0 Å². The monoisotopic (exact) mass is 772 g/mol.